The Morgan fingerprint density at radius 3 is 2.45 bits per heavy atom. The van der Waals surface area contributed by atoms with E-state index in [9.17, 15) is 10.1 Å². The Bertz CT molecular complexity index is 1090. The average molecular weight is 383 g/mol. The number of fused-ring (bicyclic) bond motifs is 1. The van der Waals surface area contributed by atoms with Gasteiger partial charge in [-0.3, -0.25) is 4.79 Å². The highest BCUT2D eigenvalue weighted by atomic mass is 16.5. The molecule has 1 fully saturated rings. The van der Waals surface area contributed by atoms with E-state index in [4.69, 9.17) is 4.74 Å². The number of hydrogen-bond acceptors (Lipinski definition) is 4. The van der Waals surface area contributed by atoms with Gasteiger partial charge in [0.2, 0.25) is 0 Å². The first-order valence-corrected chi connectivity index (χ1v) is 9.58. The van der Waals surface area contributed by atoms with Crippen molar-refractivity contribution in [2.75, 3.05) is 36.5 Å². The van der Waals surface area contributed by atoms with Gasteiger partial charge < -0.3 is 15.0 Å². The molecule has 29 heavy (non-hydrogen) atoms. The zero-order valence-electron chi connectivity index (χ0n) is 16.0. The van der Waals surface area contributed by atoms with Crippen LogP contribution in [0.15, 0.2) is 72.3 Å². The number of benzene rings is 3. The van der Waals surface area contributed by atoms with E-state index in [1.54, 1.807) is 6.08 Å². The molecule has 1 N–H and O–H groups in total. The van der Waals surface area contributed by atoms with Crippen molar-refractivity contribution in [3.8, 4) is 6.07 Å². The molecule has 144 valence electrons. The number of carbonyl (C=O) groups is 1. The molecule has 3 aromatic carbocycles. The molecule has 1 amide bonds. The van der Waals surface area contributed by atoms with Crippen LogP contribution in [-0.4, -0.2) is 32.2 Å². The summed E-state index contributed by atoms with van der Waals surface area (Å²) in [5.74, 6) is -0.417. The van der Waals surface area contributed by atoms with Crippen molar-refractivity contribution in [2.45, 2.75) is 0 Å². The topological polar surface area (TPSA) is 65.4 Å². The van der Waals surface area contributed by atoms with Gasteiger partial charge in [-0.15, -0.1) is 0 Å². The zero-order chi connectivity index (χ0) is 20.1. The Labute approximate surface area is 169 Å². The van der Waals surface area contributed by atoms with Gasteiger partial charge in [0, 0.05) is 24.5 Å². The summed E-state index contributed by atoms with van der Waals surface area (Å²) in [5.41, 5.74) is 2.64. The second-order valence-corrected chi connectivity index (χ2v) is 6.88. The van der Waals surface area contributed by atoms with Crippen molar-refractivity contribution in [1.82, 2.24) is 0 Å². The molecule has 1 aliphatic rings. The summed E-state index contributed by atoms with van der Waals surface area (Å²) in [4.78, 5) is 14.8. The maximum absolute atomic E-state index is 12.6. The second kappa shape index (κ2) is 8.59. The molecule has 0 spiro atoms. The average Bonchev–Trinajstić information content (AvgIpc) is 2.78. The van der Waals surface area contributed by atoms with Crippen LogP contribution in [0.1, 0.15) is 5.56 Å². The lowest BCUT2D eigenvalue weighted by Gasteiger charge is -2.28. The predicted octanol–water partition coefficient (Wildman–Crippen LogP) is 4.22. The summed E-state index contributed by atoms with van der Waals surface area (Å²) in [5, 5.41) is 14.5. The Balaban J connectivity index is 1.48. The molecule has 0 aliphatic carbocycles. The van der Waals surface area contributed by atoms with Gasteiger partial charge >= 0.3 is 0 Å². The minimum Gasteiger partial charge on any atom is -0.378 e. The fourth-order valence-electron chi connectivity index (χ4n) is 3.39. The van der Waals surface area contributed by atoms with Gasteiger partial charge in [0.05, 0.1) is 13.2 Å². The van der Waals surface area contributed by atoms with E-state index < -0.39 is 5.91 Å². The lowest BCUT2D eigenvalue weighted by Crippen LogP contribution is -2.36. The van der Waals surface area contributed by atoms with Gasteiger partial charge in [0.1, 0.15) is 11.6 Å². The van der Waals surface area contributed by atoms with Gasteiger partial charge in [-0.05, 0) is 52.7 Å². The molecule has 1 aliphatic heterocycles. The third-order valence-electron chi connectivity index (χ3n) is 4.95. The maximum Gasteiger partial charge on any atom is 0.266 e. The van der Waals surface area contributed by atoms with Gasteiger partial charge in [0.15, 0.2) is 0 Å². The summed E-state index contributed by atoms with van der Waals surface area (Å²) in [6, 6.07) is 23.5. The molecule has 0 atom stereocenters. The highest BCUT2D eigenvalue weighted by Gasteiger charge is 2.13. The van der Waals surface area contributed by atoms with Crippen molar-refractivity contribution < 1.29 is 9.53 Å². The van der Waals surface area contributed by atoms with E-state index in [1.807, 2.05) is 72.8 Å². The van der Waals surface area contributed by atoms with Gasteiger partial charge in [-0.1, -0.05) is 36.4 Å². The van der Waals surface area contributed by atoms with E-state index in [-0.39, 0.29) is 5.57 Å². The van der Waals surface area contributed by atoms with Gasteiger partial charge in [0.25, 0.3) is 5.91 Å². The van der Waals surface area contributed by atoms with Crippen molar-refractivity contribution in [1.29, 1.82) is 5.26 Å². The van der Waals surface area contributed by atoms with Crippen molar-refractivity contribution in [3.63, 3.8) is 0 Å². The lowest BCUT2D eigenvalue weighted by molar-refractivity contribution is -0.112. The Morgan fingerprint density at radius 2 is 1.72 bits per heavy atom. The van der Waals surface area contributed by atoms with Crippen LogP contribution in [-0.2, 0) is 9.53 Å². The number of morpholine rings is 1. The standard InChI is InChI=1S/C24H21N3O2/c25-17-21(16-18-5-6-19-3-1-2-4-20(19)15-18)24(28)26-22-7-9-23(10-8-22)27-11-13-29-14-12-27/h1-10,15-16H,11-14H2,(H,26,28)/b21-16+. The van der Waals surface area contributed by atoms with E-state index in [0.717, 1.165) is 48.3 Å². The van der Waals surface area contributed by atoms with Crippen LogP contribution in [0, 0.1) is 11.3 Å². The number of hydrogen-bond donors (Lipinski definition) is 1. The van der Waals surface area contributed by atoms with E-state index in [0.29, 0.717) is 5.69 Å². The largest absolute Gasteiger partial charge is 0.378 e. The molecule has 0 radical (unpaired) electrons. The zero-order valence-corrected chi connectivity index (χ0v) is 16.0. The van der Waals surface area contributed by atoms with Crippen LogP contribution >= 0.6 is 0 Å². The number of carbonyl (C=O) groups excluding carboxylic acids is 1. The summed E-state index contributed by atoms with van der Waals surface area (Å²) in [6.45, 7) is 3.17. The van der Waals surface area contributed by atoms with Crippen molar-refractivity contribution in [3.05, 3.63) is 77.9 Å². The number of ether oxygens (including phenoxy) is 1. The molecule has 1 saturated heterocycles. The maximum atomic E-state index is 12.6. The first kappa shape index (κ1) is 18.7. The number of rotatable bonds is 4. The first-order valence-electron chi connectivity index (χ1n) is 9.58. The normalized spacial score (nSPS) is 14.4. The van der Waals surface area contributed by atoms with E-state index in [1.165, 1.54) is 0 Å². The quantitative estimate of drug-likeness (QED) is 0.541. The molecule has 4 rings (SSSR count). The Morgan fingerprint density at radius 1 is 1.00 bits per heavy atom. The van der Waals surface area contributed by atoms with Crippen molar-refractivity contribution in [2.24, 2.45) is 0 Å². The summed E-state index contributed by atoms with van der Waals surface area (Å²) >= 11 is 0. The minimum atomic E-state index is -0.417. The fourth-order valence-corrected chi connectivity index (χ4v) is 3.39. The lowest BCUT2D eigenvalue weighted by atomic mass is 10.0. The Kier molecular flexibility index (Phi) is 5.55. The summed E-state index contributed by atoms with van der Waals surface area (Å²) in [6.07, 6.45) is 1.61. The summed E-state index contributed by atoms with van der Waals surface area (Å²) in [7, 11) is 0. The van der Waals surface area contributed by atoms with E-state index in [2.05, 4.69) is 10.2 Å². The van der Waals surface area contributed by atoms with Crippen LogP contribution in [0.5, 0.6) is 0 Å². The first-order chi connectivity index (χ1) is 14.2. The highest BCUT2D eigenvalue weighted by molar-refractivity contribution is 6.09. The number of amides is 1. The molecule has 5 nitrogen and oxygen atoms in total. The van der Waals surface area contributed by atoms with Crippen LogP contribution in [0.4, 0.5) is 11.4 Å². The van der Waals surface area contributed by atoms with Gasteiger partial charge in [-0.2, -0.15) is 5.26 Å². The third kappa shape index (κ3) is 4.45. The van der Waals surface area contributed by atoms with E-state index >= 15 is 0 Å². The van der Waals surface area contributed by atoms with Crippen molar-refractivity contribution >= 4 is 34.1 Å². The van der Waals surface area contributed by atoms with Crippen LogP contribution in [0.3, 0.4) is 0 Å². The second-order valence-electron chi connectivity index (χ2n) is 6.88. The number of nitriles is 1. The molecule has 1 heterocycles. The molecule has 0 aromatic heterocycles. The molecule has 0 bridgehead atoms. The molecule has 0 unspecified atom stereocenters. The summed E-state index contributed by atoms with van der Waals surface area (Å²) < 4.78 is 5.37. The van der Waals surface area contributed by atoms with Crippen LogP contribution in [0.2, 0.25) is 0 Å². The number of anilines is 2. The molecular weight excluding hydrogens is 362 g/mol. The molecule has 0 saturated carbocycles. The predicted molar refractivity (Wildman–Crippen MR) is 116 cm³/mol. The number of nitrogens with one attached hydrogen (secondary N) is 1. The molecular formula is C24H21N3O2. The van der Waals surface area contributed by atoms with Crippen LogP contribution < -0.4 is 10.2 Å². The highest BCUT2D eigenvalue weighted by Crippen LogP contribution is 2.21. The SMILES string of the molecule is N#C/C(=C\c1ccc2ccccc2c1)C(=O)Nc1ccc(N2CCOCC2)cc1. The monoisotopic (exact) mass is 383 g/mol. The smallest absolute Gasteiger partial charge is 0.266 e. The fraction of sp³-hybridized carbons (Fsp3) is 0.167. The van der Waals surface area contributed by atoms with Crippen LogP contribution in [0.25, 0.3) is 16.8 Å². The van der Waals surface area contributed by atoms with Gasteiger partial charge in [-0.25, -0.2) is 0 Å². The molecule has 3 aromatic rings. The minimum absolute atomic E-state index is 0.0672. The number of nitrogens with zero attached hydrogens (tertiary/aromatic N) is 2. The molecule has 5 heteroatoms. The third-order valence-corrected chi connectivity index (χ3v) is 4.95. The Hall–Kier alpha value is -3.62.